The summed E-state index contributed by atoms with van der Waals surface area (Å²) in [5.41, 5.74) is 0.962. The molecule has 2 aliphatic heterocycles. The molecule has 1 spiro atoms. The van der Waals surface area contributed by atoms with Crippen LogP contribution in [0.25, 0.3) is 0 Å². The van der Waals surface area contributed by atoms with Crippen LogP contribution < -0.4 is 0 Å². The molecule has 1 aromatic rings. The van der Waals surface area contributed by atoms with E-state index in [0.29, 0.717) is 18.8 Å². The molecule has 2 fully saturated rings. The number of thioether (sulfide) groups is 1. The fraction of sp³-hybridized carbons (Fsp3) is 0.522. The van der Waals surface area contributed by atoms with Crippen molar-refractivity contribution in [1.82, 2.24) is 9.80 Å². The van der Waals surface area contributed by atoms with Gasteiger partial charge in [-0.25, -0.2) is 0 Å². The van der Waals surface area contributed by atoms with E-state index in [9.17, 15) is 14.4 Å². The summed E-state index contributed by atoms with van der Waals surface area (Å²) in [4.78, 5) is 40.0. The van der Waals surface area contributed by atoms with Gasteiger partial charge in [0.15, 0.2) is 5.12 Å². The van der Waals surface area contributed by atoms with Crippen LogP contribution in [0.1, 0.15) is 38.7 Å². The van der Waals surface area contributed by atoms with E-state index in [2.05, 4.69) is 11.8 Å². The molecule has 2 amide bonds. The third-order valence-electron chi connectivity index (χ3n) is 5.91. The predicted molar refractivity (Wildman–Crippen MR) is 115 cm³/mol. The Morgan fingerprint density at radius 1 is 1.07 bits per heavy atom. The molecule has 6 heteroatoms. The largest absolute Gasteiger partial charge is 0.342 e. The topological polar surface area (TPSA) is 57.7 Å². The van der Waals surface area contributed by atoms with Crippen molar-refractivity contribution in [3.8, 4) is 11.8 Å². The van der Waals surface area contributed by atoms with Gasteiger partial charge in [0.1, 0.15) is 0 Å². The second-order valence-electron chi connectivity index (χ2n) is 8.12. The molecular formula is C23H28N2O3S. The van der Waals surface area contributed by atoms with Crippen LogP contribution in [0.15, 0.2) is 30.3 Å². The summed E-state index contributed by atoms with van der Waals surface area (Å²) in [6.45, 7) is 6.36. The molecular weight excluding hydrogens is 384 g/mol. The molecule has 154 valence electrons. The van der Waals surface area contributed by atoms with E-state index in [0.717, 1.165) is 37.9 Å². The average molecular weight is 413 g/mol. The van der Waals surface area contributed by atoms with E-state index < -0.39 is 0 Å². The first kappa shape index (κ1) is 21.4. The first-order valence-corrected chi connectivity index (χ1v) is 11.2. The molecule has 3 rings (SSSR count). The molecule has 2 saturated heterocycles. The van der Waals surface area contributed by atoms with Crippen molar-refractivity contribution in [2.24, 2.45) is 11.3 Å². The fourth-order valence-corrected chi connectivity index (χ4v) is 4.69. The Bertz CT molecular complexity index is 820. The molecule has 2 heterocycles. The van der Waals surface area contributed by atoms with Crippen LogP contribution >= 0.6 is 11.8 Å². The van der Waals surface area contributed by atoms with Crippen LogP contribution in [0, 0.1) is 23.2 Å². The number of hydrogen-bond donors (Lipinski definition) is 0. The summed E-state index contributed by atoms with van der Waals surface area (Å²) >= 11 is 1.22. The van der Waals surface area contributed by atoms with Crippen LogP contribution in [0.3, 0.4) is 0 Å². The maximum atomic E-state index is 12.7. The molecule has 0 unspecified atom stereocenters. The normalized spacial score (nSPS) is 18.8. The Hall–Kier alpha value is -2.26. The molecule has 0 saturated carbocycles. The van der Waals surface area contributed by atoms with Gasteiger partial charge in [-0.3, -0.25) is 14.4 Å². The number of nitrogens with zero attached hydrogens (tertiary/aromatic N) is 2. The zero-order valence-corrected chi connectivity index (χ0v) is 18.0. The van der Waals surface area contributed by atoms with E-state index in [4.69, 9.17) is 0 Å². The molecule has 0 bridgehead atoms. The number of piperidine rings is 1. The van der Waals surface area contributed by atoms with Crippen molar-refractivity contribution in [1.29, 1.82) is 0 Å². The van der Waals surface area contributed by atoms with Gasteiger partial charge in [-0.2, -0.15) is 0 Å². The Labute approximate surface area is 177 Å². The molecule has 0 aromatic heterocycles. The molecule has 2 aliphatic rings. The van der Waals surface area contributed by atoms with E-state index in [-0.39, 0.29) is 28.3 Å². The van der Waals surface area contributed by atoms with Crippen molar-refractivity contribution in [3.05, 3.63) is 35.9 Å². The van der Waals surface area contributed by atoms with Gasteiger partial charge in [0.05, 0.1) is 0 Å². The lowest BCUT2D eigenvalue weighted by molar-refractivity contribution is -0.134. The van der Waals surface area contributed by atoms with Gasteiger partial charge in [-0.15, -0.1) is 0 Å². The second kappa shape index (κ2) is 9.49. The van der Waals surface area contributed by atoms with E-state index >= 15 is 0 Å². The number of carbonyl (C=O) groups is 3. The molecule has 0 radical (unpaired) electrons. The van der Waals surface area contributed by atoms with Crippen LogP contribution in [0.2, 0.25) is 0 Å². The number of amides is 2. The van der Waals surface area contributed by atoms with Crippen LogP contribution in [-0.4, -0.2) is 58.7 Å². The van der Waals surface area contributed by atoms with Gasteiger partial charge in [0.25, 0.3) is 5.91 Å². The average Bonchev–Trinajstić information content (AvgIpc) is 3.14. The molecule has 29 heavy (non-hydrogen) atoms. The SMILES string of the molecule is CC(=O)SC[C@@H](C)C(=O)N1CCC2(CCN(C(=O)C#Cc3ccccc3)CC2)C1. The first-order valence-electron chi connectivity index (χ1n) is 10.2. The third-order valence-corrected chi connectivity index (χ3v) is 6.98. The van der Waals surface area contributed by atoms with E-state index in [1.54, 1.807) is 0 Å². The summed E-state index contributed by atoms with van der Waals surface area (Å²) in [6, 6.07) is 9.53. The Morgan fingerprint density at radius 3 is 2.31 bits per heavy atom. The Kier molecular flexibility index (Phi) is 7.02. The standard InChI is InChI=1S/C23H28N2O3S/c1-18(16-29-19(2)26)22(28)25-15-12-23(17-25)10-13-24(14-11-23)21(27)9-8-20-6-4-3-5-7-20/h3-7,18H,10-17H2,1-2H3/t18-/m1/s1. The minimum absolute atomic E-state index is 0.0509. The highest BCUT2D eigenvalue weighted by molar-refractivity contribution is 8.13. The lowest BCUT2D eigenvalue weighted by Gasteiger charge is -2.38. The lowest BCUT2D eigenvalue weighted by Crippen LogP contribution is -2.44. The molecule has 0 N–H and O–H groups in total. The Morgan fingerprint density at radius 2 is 1.69 bits per heavy atom. The van der Waals surface area contributed by atoms with Crippen molar-refractivity contribution >= 4 is 28.7 Å². The van der Waals surface area contributed by atoms with Gasteiger partial charge in [0.2, 0.25) is 5.91 Å². The highest BCUT2D eigenvalue weighted by atomic mass is 32.2. The van der Waals surface area contributed by atoms with Crippen LogP contribution in [0.4, 0.5) is 0 Å². The first-order chi connectivity index (χ1) is 13.9. The summed E-state index contributed by atoms with van der Waals surface area (Å²) in [5.74, 6) is 6.11. The van der Waals surface area contributed by atoms with Crippen molar-refractivity contribution in [2.75, 3.05) is 31.9 Å². The molecule has 1 aromatic carbocycles. The van der Waals surface area contributed by atoms with Gasteiger partial charge in [-0.1, -0.05) is 42.8 Å². The lowest BCUT2D eigenvalue weighted by atomic mass is 9.78. The van der Waals surface area contributed by atoms with E-state index in [1.807, 2.05) is 47.1 Å². The van der Waals surface area contributed by atoms with Crippen LogP contribution in [0.5, 0.6) is 0 Å². The minimum atomic E-state index is -0.144. The monoisotopic (exact) mass is 412 g/mol. The maximum absolute atomic E-state index is 12.7. The van der Waals surface area contributed by atoms with Gasteiger partial charge < -0.3 is 9.80 Å². The zero-order chi connectivity index (χ0) is 20.9. The summed E-state index contributed by atoms with van der Waals surface area (Å²) in [5, 5.41) is 0.0509. The molecule has 0 aliphatic carbocycles. The fourth-order valence-electron chi connectivity index (χ4n) is 4.07. The second-order valence-corrected chi connectivity index (χ2v) is 9.32. The van der Waals surface area contributed by atoms with Crippen molar-refractivity contribution < 1.29 is 14.4 Å². The summed E-state index contributed by atoms with van der Waals surface area (Å²) in [7, 11) is 0. The minimum Gasteiger partial charge on any atom is -0.342 e. The van der Waals surface area contributed by atoms with Crippen molar-refractivity contribution in [2.45, 2.75) is 33.1 Å². The third kappa shape index (κ3) is 5.63. The summed E-state index contributed by atoms with van der Waals surface area (Å²) < 4.78 is 0. The number of benzene rings is 1. The zero-order valence-electron chi connectivity index (χ0n) is 17.1. The number of hydrogen-bond acceptors (Lipinski definition) is 4. The van der Waals surface area contributed by atoms with Gasteiger partial charge in [-0.05, 0) is 36.8 Å². The van der Waals surface area contributed by atoms with E-state index in [1.165, 1.54) is 18.7 Å². The number of rotatable bonds is 3. The molecule has 1 atom stereocenters. The smallest absolute Gasteiger partial charge is 0.298 e. The van der Waals surface area contributed by atoms with Crippen molar-refractivity contribution in [3.63, 3.8) is 0 Å². The Balaban J connectivity index is 1.50. The highest BCUT2D eigenvalue weighted by Crippen LogP contribution is 2.40. The number of carbonyl (C=O) groups excluding carboxylic acids is 3. The molecule has 5 nitrogen and oxygen atoms in total. The van der Waals surface area contributed by atoms with Crippen LogP contribution in [-0.2, 0) is 14.4 Å². The quantitative estimate of drug-likeness (QED) is 0.717. The summed E-state index contributed by atoms with van der Waals surface area (Å²) in [6.07, 6.45) is 2.81. The van der Waals surface area contributed by atoms with Gasteiger partial charge in [0, 0.05) is 56.3 Å². The predicted octanol–water partition coefficient (Wildman–Crippen LogP) is 2.80. The van der Waals surface area contributed by atoms with Gasteiger partial charge >= 0.3 is 0 Å². The maximum Gasteiger partial charge on any atom is 0.298 e. The number of likely N-dealkylation sites (tertiary alicyclic amines) is 2. The highest BCUT2D eigenvalue weighted by Gasteiger charge is 2.43.